The molecule has 0 atom stereocenters. The lowest BCUT2D eigenvalue weighted by atomic mass is 10.0. The van der Waals surface area contributed by atoms with Crippen LogP contribution in [0.5, 0.6) is 0 Å². The normalized spacial score (nSPS) is 12.0. The van der Waals surface area contributed by atoms with Gasteiger partial charge < -0.3 is 0 Å². The maximum atomic E-state index is 5.82. The van der Waals surface area contributed by atoms with Crippen LogP contribution in [0.2, 0.25) is 6.04 Å². The molecule has 0 aromatic heterocycles. The van der Waals surface area contributed by atoms with Gasteiger partial charge >= 0.3 is 0 Å². The molecule has 0 heterocycles. The van der Waals surface area contributed by atoms with Crippen LogP contribution in [0.3, 0.4) is 0 Å². The van der Waals surface area contributed by atoms with Gasteiger partial charge in [-0.15, -0.1) is 23.2 Å². The molecule has 0 aliphatic rings. The Morgan fingerprint density at radius 1 is 0.353 bits per heavy atom. The molecule has 34 heavy (non-hydrogen) atoms. The summed E-state index contributed by atoms with van der Waals surface area (Å²) in [5, 5.41) is 0. The third-order valence-electron chi connectivity index (χ3n) is 7.53. The third kappa shape index (κ3) is 32.8. The molecule has 0 radical (unpaired) electrons. The minimum atomic E-state index is -0.198. The second-order valence-corrected chi connectivity index (χ2v) is 15.5. The fraction of sp³-hybridized carbons (Fsp3) is 1.00. The third-order valence-corrected chi connectivity index (χ3v) is 10.2. The van der Waals surface area contributed by atoms with E-state index in [4.69, 9.17) is 23.2 Å². The molecule has 0 nitrogen and oxygen atoms in total. The molecule has 0 aromatic carbocycles. The molecular weight excluding hydrogens is 471 g/mol. The van der Waals surface area contributed by atoms with E-state index in [9.17, 15) is 0 Å². The Morgan fingerprint density at radius 3 is 0.765 bits per heavy atom. The van der Waals surface area contributed by atoms with Crippen LogP contribution in [0.15, 0.2) is 0 Å². The molecular formula is C31H64Cl2Si. The van der Waals surface area contributed by atoms with Gasteiger partial charge in [0, 0.05) is 0 Å². The van der Waals surface area contributed by atoms with Crippen LogP contribution in [0.25, 0.3) is 0 Å². The highest BCUT2D eigenvalue weighted by molar-refractivity contribution is 6.68. The van der Waals surface area contributed by atoms with E-state index >= 15 is 0 Å². The lowest BCUT2D eigenvalue weighted by Gasteiger charge is -2.04. The van der Waals surface area contributed by atoms with Gasteiger partial charge in [-0.1, -0.05) is 193 Å². The Labute approximate surface area is 229 Å². The monoisotopic (exact) mass is 534 g/mol. The van der Waals surface area contributed by atoms with Gasteiger partial charge in [0.25, 0.3) is 0 Å². The van der Waals surface area contributed by atoms with Gasteiger partial charge in [0.1, 0.15) is 0 Å². The first-order valence-corrected chi connectivity index (χ1v) is 18.7. The SMILES string of the molecule is CCCCCCCCCCCCCCCCCCCCCCCCCCCCCC[SiH2]C(Cl)Cl. The summed E-state index contributed by atoms with van der Waals surface area (Å²) in [6, 6.07) is 1.33. The van der Waals surface area contributed by atoms with Gasteiger partial charge in [0.2, 0.25) is 0 Å². The first-order valence-electron chi connectivity index (χ1n) is 16.1. The van der Waals surface area contributed by atoms with Crippen LogP contribution in [0, 0.1) is 0 Å². The van der Waals surface area contributed by atoms with Gasteiger partial charge in [0.15, 0.2) is 0 Å². The number of hydrogen-bond donors (Lipinski definition) is 0. The molecule has 0 rings (SSSR count). The molecule has 0 spiro atoms. The highest BCUT2D eigenvalue weighted by atomic mass is 35.5. The van der Waals surface area contributed by atoms with E-state index in [1.807, 2.05) is 0 Å². The number of unbranched alkanes of at least 4 members (excludes halogenated alkanes) is 27. The van der Waals surface area contributed by atoms with Crippen molar-refractivity contribution in [1.82, 2.24) is 0 Å². The molecule has 0 unspecified atom stereocenters. The Kier molecular flexibility index (Phi) is 32.6. The molecule has 0 saturated heterocycles. The molecule has 0 N–H and O–H groups in total. The quantitative estimate of drug-likeness (QED) is 0.0487. The maximum absolute atomic E-state index is 5.82. The average Bonchev–Trinajstić information content (AvgIpc) is 2.83. The van der Waals surface area contributed by atoms with Crippen molar-refractivity contribution >= 4 is 32.7 Å². The molecule has 0 aromatic rings. The predicted molar refractivity (Wildman–Crippen MR) is 164 cm³/mol. The van der Waals surface area contributed by atoms with E-state index in [0.29, 0.717) is 0 Å². The molecule has 0 amide bonds. The zero-order valence-electron chi connectivity index (χ0n) is 23.5. The van der Waals surface area contributed by atoms with Crippen molar-refractivity contribution in [3.8, 4) is 0 Å². The van der Waals surface area contributed by atoms with Crippen LogP contribution in [0.4, 0.5) is 0 Å². The first kappa shape index (κ1) is 34.8. The Hall–Kier alpha value is 0.797. The summed E-state index contributed by atoms with van der Waals surface area (Å²) in [6.45, 7) is 2.30. The molecule has 0 bridgehead atoms. The lowest BCUT2D eigenvalue weighted by molar-refractivity contribution is 0.514. The summed E-state index contributed by atoms with van der Waals surface area (Å²) >= 11 is 11.6. The topological polar surface area (TPSA) is 0 Å². The Bertz CT molecular complexity index is 348. The van der Waals surface area contributed by atoms with Crippen molar-refractivity contribution < 1.29 is 0 Å². The predicted octanol–water partition coefficient (Wildman–Crippen LogP) is 12.3. The Morgan fingerprint density at radius 2 is 0.559 bits per heavy atom. The molecule has 0 aliphatic carbocycles. The summed E-state index contributed by atoms with van der Waals surface area (Å²) in [7, 11) is -0.198. The summed E-state index contributed by atoms with van der Waals surface area (Å²) in [6.07, 6.45) is 40.9. The van der Waals surface area contributed by atoms with Crippen molar-refractivity contribution in [3.63, 3.8) is 0 Å². The van der Waals surface area contributed by atoms with E-state index < -0.39 is 0 Å². The standard InChI is InChI=1S/C31H64Cl2Si/c1-2-3-4-5-6-7-8-9-10-11-12-13-14-15-16-17-18-19-20-21-22-23-24-25-26-27-28-29-30-34-31(32)33/h31H,2-30,34H2,1H3. The zero-order chi connectivity index (χ0) is 24.8. The second-order valence-electron chi connectivity index (χ2n) is 11.1. The zero-order valence-corrected chi connectivity index (χ0v) is 26.5. The second kappa shape index (κ2) is 31.8. The number of hydrogen-bond acceptors (Lipinski definition) is 0. The summed E-state index contributed by atoms with van der Waals surface area (Å²) < 4.78 is -0.0195. The average molecular weight is 536 g/mol. The maximum Gasteiger partial charge on any atom is 0.0908 e. The smallest absolute Gasteiger partial charge is 0.0908 e. The van der Waals surface area contributed by atoms with Crippen molar-refractivity contribution in [2.24, 2.45) is 0 Å². The van der Waals surface area contributed by atoms with Crippen molar-refractivity contribution in [1.29, 1.82) is 0 Å². The molecule has 3 heteroatoms. The molecule has 0 fully saturated rings. The highest BCUT2D eigenvalue weighted by Gasteiger charge is 1.99. The van der Waals surface area contributed by atoms with Crippen molar-refractivity contribution in [2.45, 2.75) is 197 Å². The van der Waals surface area contributed by atoms with Crippen LogP contribution in [0.1, 0.15) is 187 Å². The van der Waals surface area contributed by atoms with E-state index in [2.05, 4.69) is 6.92 Å². The highest BCUT2D eigenvalue weighted by Crippen LogP contribution is 2.16. The first-order chi connectivity index (χ1) is 16.8. The summed E-state index contributed by atoms with van der Waals surface area (Å²) in [5.74, 6) is 0. The molecule has 0 saturated carbocycles. The van der Waals surface area contributed by atoms with E-state index in [1.165, 1.54) is 186 Å². The summed E-state index contributed by atoms with van der Waals surface area (Å²) in [4.78, 5) is 0. The number of alkyl halides is 2. The van der Waals surface area contributed by atoms with Gasteiger partial charge in [-0.05, 0) is 0 Å². The Balaban J connectivity index is 3.00. The van der Waals surface area contributed by atoms with Crippen LogP contribution < -0.4 is 0 Å². The molecule has 0 aliphatic heterocycles. The van der Waals surface area contributed by atoms with Crippen LogP contribution >= 0.6 is 23.2 Å². The largest absolute Gasteiger partial charge is 0.110 e. The van der Waals surface area contributed by atoms with Gasteiger partial charge in [-0.2, -0.15) is 0 Å². The molecule has 206 valence electrons. The van der Waals surface area contributed by atoms with E-state index in [0.717, 1.165) is 0 Å². The van der Waals surface area contributed by atoms with E-state index in [1.54, 1.807) is 0 Å². The fourth-order valence-corrected chi connectivity index (χ4v) is 7.02. The minimum absolute atomic E-state index is 0.0195. The van der Waals surface area contributed by atoms with E-state index in [-0.39, 0.29) is 14.0 Å². The van der Waals surface area contributed by atoms with Crippen molar-refractivity contribution in [2.75, 3.05) is 0 Å². The number of halogens is 2. The van der Waals surface area contributed by atoms with Gasteiger partial charge in [-0.25, -0.2) is 0 Å². The van der Waals surface area contributed by atoms with Crippen LogP contribution in [-0.2, 0) is 0 Å². The minimum Gasteiger partial charge on any atom is -0.110 e. The van der Waals surface area contributed by atoms with Crippen molar-refractivity contribution in [3.05, 3.63) is 0 Å². The van der Waals surface area contributed by atoms with Gasteiger partial charge in [-0.3, -0.25) is 0 Å². The number of rotatable bonds is 30. The fourth-order valence-electron chi connectivity index (χ4n) is 5.14. The van der Waals surface area contributed by atoms with Crippen LogP contribution in [-0.4, -0.2) is 14.0 Å². The van der Waals surface area contributed by atoms with Gasteiger partial charge in [0.05, 0.1) is 14.0 Å². The lowest BCUT2D eigenvalue weighted by Crippen LogP contribution is -1.99. The summed E-state index contributed by atoms with van der Waals surface area (Å²) in [5.41, 5.74) is 0.